The van der Waals surface area contributed by atoms with Gasteiger partial charge in [0.25, 0.3) is 5.91 Å². The van der Waals surface area contributed by atoms with Crippen LogP contribution in [0.15, 0.2) is 54.6 Å². The van der Waals surface area contributed by atoms with Crippen LogP contribution in [0.25, 0.3) is 10.9 Å². The van der Waals surface area contributed by atoms with Gasteiger partial charge >= 0.3 is 0 Å². The normalized spacial score (nSPS) is 11.9. The number of anilines is 2. The Kier molecular flexibility index (Phi) is 6.12. The van der Waals surface area contributed by atoms with Gasteiger partial charge in [0.1, 0.15) is 5.82 Å². The van der Waals surface area contributed by atoms with Crippen molar-refractivity contribution in [2.45, 2.75) is 39.2 Å². The molecule has 0 aliphatic rings. The molecular weight excluding hydrogens is 362 g/mol. The second kappa shape index (κ2) is 8.73. The van der Waals surface area contributed by atoms with Gasteiger partial charge in [0.05, 0.1) is 5.52 Å². The number of nitrogen functional groups attached to an aromatic ring is 2. The molecule has 0 aliphatic heterocycles. The van der Waals surface area contributed by atoms with E-state index in [9.17, 15) is 4.79 Å². The van der Waals surface area contributed by atoms with Crippen LogP contribution in [0, 0.1) is 0 Å². The van der Waals surface area contributed by atoms with E-state index in [2.05, 4.69) is 21.9 Å². The highest BCUT2D eigenvalue weighted by atomic mass is 16.1. The van der Waals surface area contributed by atoms with Crippen LogP contribution in [-0.2, 0) is 12.8 Å². The number of nitrogens with zero attached hydrogens (tertiary/aromatic N) is 2. The first-order chi connectivity index (χ1) is 13.8. The fourth-order valence-electron chi connectivity index (χ4n) is 3.37. The average molecular weight is 390 g/mol. The molecule has 1 atom stereocenters. The summed E-state index contributed by atoms with van der Waals surface area (Å²) in [4.78, 5) is 20.6. The lowest BCUT2D eigenvalue weighted by Gasteiger charge is -2.14. The van der Waals surface area contributed by atoms with E-state index in [1.54, 1.807) is 0 Å². The second-order valence-corrected chi connectivity index (χ2v) is 7.55. The number of hydrogen-bond donors (Lipinski definition) is 3. The summed E-state index contributed by atoms with van der Waals surface area (Å²) in [5.41, 5.74) is 16.4. The van der Waals surface area contributed by atoms with E-state index in [0.29, 0.717) is 11.4 Å². The van der Waals surface area contributed by atoms with Crippen molar-refractivity contribution in [2.75, 3.05) is 11.5 Å². The zero-order valence-electron chi connectivity index (χ0n) is 16.9. The summed E-state index contributed by atoms with van der Waals surface area (Å²) in [6, 6.07) is 13.8. The van der Waals surface area contributed by atoms with Crippen molar-refractivity contribution in [2.24, 2.45) is 0 Å². The Balaban J connectivity index is 1.62. The van der Waals surface area contributed by atoms with Crippen LogP contribution >= 0.6 is 0 Å². The Morgan fingerprint density at radius 1 is 1.07 bits per heavy atom. The van der Waals surface area contributed by atoms with Crippen molar-refractivity contribution in [1.29, 1.82) is 0 Å². The first-order valence-electron chi connectivity index (χ1n) is 9.67. The number of nitrogens with one attached hydrogen (secondary N) is 1. The van der Waals surface area contributed by atoms with Crippen LogP contribution in [0.3, 0.4) is 0 Å². The third-order valence-corrected chi connectivity index (χ3v) is 4.76. The van der Waals surface area contributed by atoms with Gasteiger partial charge in [-0.15, -0.1) is 6.58 Å². The van der Waals surface area contributed by atoms with Crippen molar-refractivity contribution >= 4 is 28.6 Å². The molecule has 6 nitrogen and oxygen atoms in total. The molecule has 3 aromatic rings. The molecule has 29 heavy (non-hydrogen) atoms. The topological polar surface area (TPSA) is 107 Å². The van der Waals surface area contributed by atoms with Gasteiger partial charge in [-0.05, 0) is 68.5 Å². The van der Waals surface area contributed by atoms with Gasteiger partial charge in [-0.1, -0.05) is 23.8 Å². The lowest BCUT2D eigenvalue weighted by atomic mass is 10.0. The van der Waals surface area contributed by atoms with Crippen molar-refractivity contribution in [3.63, 3.8) is 0 Å². The molecule has 5 N–H and O–H groups in total. The van der Waals surface area contributed by atoms with Gasteiger partial charge in [0.2, 0.25) is 5.95 Å². The number of amides is 1. The Hall–Kier alpha value is -3.41. The number of carbonyl (C=O) groups is 1. The Labute approximate surface area is 171 Å². The monoisotopic (exact) mass is 389 g/mol. The lowest BCUT2D eigenvalue weighted by molar-refractivity contribution is 0.0940. The smallest absolute Gasteiger partial charge is 0.251 e. The molecule has 0 fully saturated rings. The van der Waals surface area contributed by atoms with E-state index >= 15 is 0 Å². The van der Waals surface area contributed by atoms with Crippen LogP contribution in [0.2, 0.25) is 0 Å². The van der Waals surface area contributed by atoms with Crippen molar-refractivity contribution in [3.8, 4) is 0 Å². The van der Waals surface area contributed by atoms with Crippen LogP contribution in [0.5, 0.6) is 0 Å². The van der Waals surface area contributed by atoms with Crippen LogP contribution in [-0.4, -0.2) is 21.9 Å². The zero-order valence-corrected chi connectivity index (χ0v) is 16.9. The predicted molar refractivity (Wildman–Crippen MR) is 119 cm³/mol. The molecule has 6 heteroatoms. The lowest BCUT2D eigenvalue weighted by Crippen LogP contribution is -2.32. The number of carbonyl (C=O) groups excluding carboxylic acids is 1. The van der Waals surface area contributed by atoms with Crippen LogP contribution < -0.4 is 16.8 Å². The predicted octanol–water partition coefficient (Wildman–Crippen LogP) is 3.66. The quantitative estimate of drug-likeness (QED) is 0.535. The summed E-state index contributed by atoms with van der Waals surface area (Å²) >= 11 is 0. The molecule has 0 saturated heterocycles. The molecule has 1 heterocycles. The molecule has 1 aromatic heterocycles. The average Bonchev–Trinajstić information content (AvgIpc) is 2.66. The Bertz CT molecular complexity index is 1040. The minimum Gasteiger partial charge on any atom is -0.383 e. The summed E-state index contributed by atoms with van der Waals surface area (Å²) in [6.45, 7) is 7.83. The summed E-state index contributed by atoms with van der Waals surface area (Å²) < 4.78 is 0. The zero-order chi connectivity index (χ0) is 21.0. The number of aryl methyl sites for hydroxylation is 2. The van der Waals surface area contributed by atoms with E-state index in [4.69, 9.17) is 11.5 Å². The third kappa shape index (κ3) is 5.31. The molecule has 0 radical (unpaired) electrons. The van der Waals surface area contributed by atoms with E-state index in [-0.39, 0.29) is 17.9 Å². The molecule has 1 unspecified atom stereocenters. The van der Waals surface area contributed by atoms with Gasteiger partial charge in [0, 0.05) is 17.0 Å². The standard InChI is InChI=1S/C23H27N5O/c1-14(2)12-15(3)26-22(29)18-9-6-16(7-10-18)4-5-17-8-11-20-19(13-17)21(24)28-23(25)27-20/h6-11,13,15H,1,4-5,12H2,2-3H3,(H,26,29)(H4,24,25,27,28). The fraction of sp³-hybridized carbons (Fsp3) is 0.261. The van der Waals surface area contributed by atoms with Crippen molar-refractivity contribution < 1.29 is 4.79 Å². The molecular formula is C23H27N5O. The molecule has 0 spiro atoms. The minimum atomic E-state index is -0.0606. The highest BCUT2D eigenvalue weighted by Crippen LogP contribution is 2.21. The summed E-state index contributed by atoms with van der Waals surface area (Å²) in [5, 5.41) is 3.81. The number of aromatic nitrogens is 2. The van der Waals surface area contributed by atoms with Gasteiger partial charge in [0.15, 0.2) is 0 Å². The molecule has 2 aromatic carbocycles. The van der Waals surface area contributed by atoms with Gasteiger partial charge in [-0.2, -0.15) is 4.98 Å². The van der Waals surface area contributed by atoms with E-state index in [1.807, 2.05) is 56.3 Å². The largest absolute Gasteiger partial charge is 0.383 e. The maximum atomic E-state index is 12.3. The van der Waals surface area contributed by atoms with E-state index in [0.717, 1.165) is 46.9 Å². The highest BCUT2D eigenvalue weighted by Gasteiger charge is 2.10. The molecule has 0 aliphatic carbocycles. The third-order valence-electron chi connectivity index (χ3n) is 4.76. The van der Waals surface area contributed by atoms with Crippen molar-refractivity contribution in [3.05, 3.63) is 71.3 Å². The van der Waals surface area contributed by atoms with Gasteiger partial charge in [-0.25, -0.2) is 4.98 Å². The fourth-order valence-corrected chi connectivity index (χ4v) is 3.37. The summed E-state index contributed by atoms with van der Waals surface area (Å²) in [6.07, 6.45) is 2.48. The maximum Gasteiger partial charge on any atom is 0.251 e. The van der Waals surface area contributed by atoms with Gasteiger partial charge in [-0.3, -0.25) is 4.79 Å². The van der Waals surface area contributed by atoms with Crippen LogP contribution in [0.1, 0.15) is 41.8 Å². The van der Waals surface area contributed by atoms with E-state index in [1.165, 1.54) is 0 Å². The number of nitrogens with two attached hydrogens (primary N) is 2. The molecule has 150 valence electrons. The first kappa shape index (κ1) is 20.3. The molecule has 0 saturated carbocycles. The Morgan fingerprint density at radius 2 is 1.72 bits per heavy atom. The van der Waals surface area contributed by atoms with Gasteiger partial charge < -0.3 is 16.8 Å². The number of hydrogen-bond acceptors (Lipinski definition) is 5. The van der Waals surface area contributed by atoms with Crippen LogP contribution in [0.4, 0.5) is 11.8 Å². The van der Waals surface area contributed by atoms with Crippen molar-refractivity contribution in [1.82, 2.24) is 15.3 Å². The molecule has 0 bridgehead atoms. The second-order valence-electron chi connectivity index (χ2n) is 7.55. The number of fused-ring (bicyclic) bond motifs is 1. The Morgan fingerprint density at radius 3 is 2.41 bits per heavy atom. The SMILES string of the molecule is C=C(C)CC(C)NC(=O)c1ccc(CCc2ccc3nc(N)nc(N)c3c2)cc1. The highest BCUT2D eigenvalue weighted by molar-refractivity contribution is 5.94. The first-order valence-corrected chi connectivity index (χ1v) is 9.67. The molecule has 1 amide bonds. The molecule has 3 rings (SSSR count). The maximum absolute atomic E-state index is 12.3. The minimum absolute atomic E-state index is 0.0606. The summed E-state index contributed by atoms with van der Waals surface area (Å²) in [7, 11) is 0. The number of benzene rings is 2. The number of rotatable bonds is 7. The van der Waals surface area contributed by atoms with E-state index < -0.39 is 0 Å². The summed E-state index contributed by atoms with van der Waals surface area (Å²) in [5.74, 6) is 0.515.